The molecule has 0 spiro atoms. The highest BCUT2D eigenvalue weighted by Crippen LogP contribution is 2.12. The summed E-state index contributed by atoms with van der Waals surface area (Å²) in [5, 5.41) is 5.45. The number of piperazine rings is 1. The van der Waals surface area contributed by atoms with Gasteiger partial charge >= 0.3 is 0 Å². The lowest BCUT2D eigenvalue weighted by molar-refractivity contribution is -0.132. The Hall–Kier alpha value is -2.61. The summed E-state index contributed by atoms with van der Waals surface area (Å²) in [7, 11) is 0. The fourth-order valence-electron chi connectivity index (χ4n) is 3.02. The molecule has 8 heteroatoms. The summed E-state index contributed by atoms with van der Waals surface area (Å²) in [6.45, 7) is 7.98. The summed E-state index contributed by atoms with van der Waals surface area (Å²) < 4.78 is 5.58. The molecule has 0 saturated carbocycles. The number of rotatable bonds is 10. The van der Waals surface area contributed by atoms with E-state index in [2.05, 4.69) is 17.6 Å². The molecule has 0 aliphatic carbocycles. The molecule has 29 heavy (non-hydrogen) atoms. The van der Waals surface area contributed by atoms with E-state index < -0.39 is 0 Å². The van der Waals surface area contributed by atoms with Gasteiger partial charge in [0, 0.05) is 38.3 Å². The molecule has 2 N–H and O–H groups in total. The number of nitrogens with one attached hydrogen (secondary N) is 2. The van der Waals surface area contributed by atoms with Crippen LogP contribution in [0.15, 0.2) is 24.3 Å². The molecular weight excluding hydrogens is 372 g/mol. The number of hydrogen-bond donors (Lipinski definition) is 2. The average molecular weight is 405 g/mol. The SMILES string of the molecule is CCCCOc1ccc(C(=O)NCC(=O)N2CCN(CC(=O)NCC)CC2)cc1. The molecule has 0 atom stereocenters. The Morgan fingerprint density at radius 2 is 1.69 bits per heavy atom. The van der Waals surface area contributed by atoms with Gasteiger partial charge in [-0.05, 0) is 37.6 Å². The van der Waals surface area contributed by atoms with E-state index in [-0.39, 0.29) is 24.3 Å². The van der Waals surface area contributed by atoms with Crippen LogP contribution in [0.2, 0.25) is 0 Å². The van der Waals surface area contributed by atoms with E-state index in [0.29, 0.717) is 51.4 Å². The summed E-state index contributed by atoms with van der Waals surface area (Å²) in [6, 6.07) is 6.92. The van der Waals surface area contributed by atoms with Gasteiger partial charge in [0.2, 0.25) is 11.8 Å². The van der Waals surface area contributed by atoms with Crippen molar-refractivity contribution >= 4 is 17.7 Å². The van der Waals surface area contributed by atoms with E-state index >= 15 is 0 Å². The first-order valence-corrected chi connectivity index (χ1v) is 10.3. The Bertz CT molecular complexity index is 670. The molecule has 1 fully saturated rings. The van der Waals surface area contributed by atoms with E-state index in [1.807, 2.05) is 11.8 Å². The minimum Gasteiger partial charge on any atom is -0.494 e. The van der Waals surface area contributed by atoms with E-state index in [4.69, 9.17) is 4.74 Å². The van der Waals surface area contributed by atoms with Gasteiger partial charge in [0.25, 0.3) is 5.91 Å². The highest BCUT2D eigenvalue weighted by molar-refractivity contribution is 5.96. The molecule has 1 saturated heterocycles. The van der Waals surface area contributed by atoms with Crippen LogP contribution >= 0.6 is 0 Å². The smallest absolute Gasteiger partial charge is 0.251 e. The predicted octanol–water partition coefficient (Wildman–Crippen LogP) is 0.876. The molecule has 0 radical (unpaired) electrons. The number of hydrogen-bond acceptors (Lipinski definition) is 5. The van der Waals surface area contributed by atoms with E-state index in [1.165, 1.54) is 0 Å². The van der Waals surface area contributed by atoms with Crippen LogP contribution in [0.4, 0.5) is 0 Å². The molecule has 2 rings (SSSR count). The third-order valence-electron chi connectivity index (χ3n) is 4.75. The Kier molecular flexibility index (Phi) is 9.43. The van der Waals surface area contributed by atoms with Crippen LogP contribution in [0.5, 0.6) is 5.75 Å². The number of benzene rings is 1. The van der Waals surface area contributed by atoms with Crippen molar-refractivity contribution < 1.29 is 19.1 Å². The van der Waals surface area contributed by atoms with Gasteiger partial charge < -0.3 is 20.3 Å². The number of ether oxygens (including phenoxy) is 1. The highest BCUT2D eigenvalue weighted by atomic mass is 16.5. The molecule has 1 aliphatic rings. The van der Waals surface area contributed by atoms with Crippen molar-refractivity contribution in [1.29, 1.82) is 0 Å². The molecule has 1 heterocycles. The molecule has 160 valence electrons. The van der Waals surface area contributed by atoms with E-state index in [9.17, 15) is 14.4 Å². The Labute approximate surface area is 172 Å². The molecule has 1 aromatic carbocycles. The van der Waals surface area contributed by atoms with Crippen molar-refractivity contribution in [1.82, 2.24) is 20.4 Å². The average Bonchev–Trinajstić information content (AvgIpc) is 2.73. The molecule has 8 nitrogen and oxygen atoms in total. The maximum absolute atomic E-state index is 12.4. The quantitative estimate of drug-likeness (QED) is 0.565. The molecule has 3 amide bonds. The van der Waals surface area contributed by atoms with Crippen LogP contribution in [-0.4, -0.2) is 79.9 Å². The topological polar surface area (TPSA) is 91.0 Å². The summed E-state index contributed by atoms with van der Waals surface area (Å²) >= 11 is 0. The number of likely N-dealkylation sites (N-methyl/N-ethyl adjacent to an activating group) is 1. The zero-order valence-corrected chi connectivity index (χ0v) is 17.4. The van der Waals surface area contributed by atoms with Gasteiger partial charge in [-0.25, -0.2) is 0 Å². The lowest BCUT2D eigenvalue weighted by Gasteiger charge is -2.34. The Balaban J connectivity index is 1.71. The maximum Gasteiger partial charge on any atom is 0.251 e. The summed E-state index contributed by atoms with van der Waals surface area (Å²) in [4.78, 5) is 40.0. The highest BCUT2D eigenvalue weighted by Gasteiger charge is 2.22. The third-order valence-corrected chi connectivity index (χ3v) is 4.75. The van der Waals surface area contributed by atoms with Gasteiger partial charge in [0.05, 0.1) is 19.7 Å². The van der Waals surface area contributed by atoms with Gasteiger partial charge in [-0.3, -0.25) is 19.3 Å². The largest absolute Gasteiger partial charge is 0.494 e. The molecule has 0 aromatic heterocycles. The van der Waals surface area contributed by atoms with Gasteiger partial charge in [0.1, 0.15) is 5.75 Å². The van der Waals surface area contributed by atoms with Crippen LogP contribution in [-0.2, 0) is 9.59 Å². The zero-order valence-electron chi connectivity index (χ0n) is 17.4. The van der Waals surface area contributed by atoms with Crippen LogP contribution in [0.1, 0.15) is 37.0 Å². The lowest BCUT2D eigenvalue weighted by atomic mass is 10.2. The molecule has 0 unspecified atom stereocenters. The minimum absolute atomic E-state index is 0.00122. The lowest BCUT2D eigenvalue weighted by Crippen LogP contribution is -2.52. The van der Waals surface area contributed by atoms with E-state index in [1.54, 1.807) is 29.2 Å². The maximum atomic E-state index is 12.4. The Morgan fingerprint density at radius 1 is 1.00 bits per heavy atom. The van der Waals surface area contributed by atoms with Gasteiger partial charge in [0.15, 0.2) is 0 Å². The number of carbonyl (C=O) groups is 3. The molecular formula is C21H32N4O4. The normalized spacial score (nSPS) is 14.3. The van der Waals surface area contributed by atoms with Crippen LogP contribution in [0.3, 0.4) is 0 Å². The van der Waals surface area contributed by atoms with Gasteiger partial charge in [-0.2, -0.15) is 0 Å². The fourth-order valence-corrected chi connectivity index (χ4v) is 3.02. The second-order valence-electron chi connectivity index (χ2n) is 7.02. The van der Waals surface area contributed by atoms with Gasteiger partial charge in [-0.1, -0.05) is 13.3 Å². The van der Waals surface area contributed by atoms with Crippen molar-refractivity contribution in [2.24, 2.45) is 0 Å². The van der Waals surface area contributed by atoms with Crippen molar-refractivity contribution in [3.05, 3.63) is 29.8 Å². The van der Waals surface area contributed by atoms with Crippen molar-refractivity contribution in [3.8, 4) is 5.75 Å². The number of amides is 3. The Morgan fingerprint density at radius 3 is 2.31 bits per heavy atom. The first kappa shape index (κ1) is 22.7. The van der Waals surface area contributed by atoms with Crippen LogP contribution < -0.4 is 15.4 Å². The summed E-state index contributed by atoms with van der Waals surface area (Å²) in [5.74, 6) is 0.335. The standard InChI is InChI=1S/C21H32N4O4/c1-3-5-14-29-18-8-6-17(7-9-18)21(28)23-15-20(27)25-12-10-24(11-13-25)16-19(26)22-4-2/h6-9H,3-5,10-16H2,1-2H3,(H,22,26)(H,23,28). The van der Waals surface area contributed by atoms with Crippen molar-refractivity contribution in [2.45, 2.75) is 26.7 Å². The second-order valence-corrected chi connectivity index (χ2v) is 7.02. The number of nitrogens with zero attached hydrogens (tertiary/aromatic N) is 2. The number of carbonyl (C=O) groups excluding carboxylic acids is 3. The monoisotopic (exact) mass is 404 g/mol. The van der Waals surface area contributed by atoms with E-state index in [0.717, 1.165) is 18.6 Å². The summed E-state index contributed by atoms with van der Waals surface area (Å²) in [5.41, 5.74) is 0.493. The first-order valence-electron chi connectivity index (χ1n) is 10.3. The van der Waals surface area contributed by atoms with Crippen LogP contribution in [0.25, 0.3) is 0 Å². The number of unbranched alkanes of at least 4 members (excludes halogenated alkanes) is 1. The molecule has 0 bridgehead atoms. The third kappa shape index (κ3) is 7.73. The van der Waals surface area contributed by atoms with Crippen LogP contribution in [0, 0.1) is 0 Å². The van der Waals surface area contributed by atoms with Crippen molar-refractivity contribution in [3.63, 3.8) is 0 Å². The zero-order chi connectivity index (χ0) is 21.1. The molecule has 1 aliphatic heterocycles. The van der Waals surface area contributed by atoms with Crippen molar-refractivity contribution in [2.75, 3.05) is 52.4 Å². The first-order chi connectivity index (χ1) is 14.0. The second kappa shape index (κ2) is 12.1. The van der Waals surface area contributed by atoms with Gasteiger partial charge in [-0.15, -0.1) is 0 Å². The fraction of sp³-hybridized carbons (Fsp3) is 0.571. The molecule has 1 aromatic rings. The summed E-state index contributed by atoms with van der Waals surface area (Å²) in [6.07, 6.45) is 2.06. The minimum atomic E-state index is -0.284. The predicted molar refractivity (Wildman–Crippen MR) is 111 cm³/mol.